The molecule has 0 unspecified atom stereocenters. The molecule has 0 aliphatic rings. The fourth-order valence-electron chi connectivity index (χ4n) is 3.07. The van der Waals surface area contributed by atoms with Crippen molar-refractivity contribution in [2.45, 2.75) is 13.5 Å². The lowest BCUT2D eigenvalue weighted by Crippen LogP contribution is -2.06. The van der Waals surface area contributed by atoms with Gasteiger partial charge in [-0.05, 0) is 17.7 Å². The van der Waals surface area contributed by atoms with Crippen LogP contribution in [0.25, 0.3) is 10.9 Å². The van der Waals surface area contributed by atoms with Crippen LogP contribution < -0.4 is 10.1 Å². The minimum Gasteiger partial charge on any atom is -0.424 e. The Kier molecular flexibility index (Phi) is 5.08. The fraction of sp³-hybridized carbons (Fsp3) is 0.0952. The van der Waals surface area contributed by atoms with E-state index < -0.39 is 10.9 Å². The Hall–Kier alpha value is -4.27. The average molecular weight is 403 g/mol. The van der Waals surface area contributed by atoms with E-state index in [1.54, 1.807) is 6.07 Å². The minimum atomic E-state index is -0.574. The van der Waals surface area contributed by atoms with E-state index in [1.807, 2.05) is 48.7 Å². The van der Waals surface area contributed by atoms with E-state index in [4.69, 9.17) is 4.74 Å². The zero-order chi connectivity index (χ0) is 21.1. The first kappa shape index (κ1) is 19.1. The first-order valence-corrected chi connectivity index (χ1v) is 9.08. The lowest BCUT2D eigenvalue weighted by atomic mass is 10.2. The zero-order valence-electron chi connectivity index (χ0n) is 16.0. The van der Waals surface area contributed by atoms with Crippen LogP contribution in [0.3, 0.4) is 0 Å². The van der Waals surface area contributed by atoms with Crippen LogP contribution in [0.15, 0.2) is 67.1 Å². The van der Waals surface area contributed by atoms with Gasteiger partial charge in [-0.2, -0.15) is 0 Å². The SMILES string of the molecule is CC(=O)Oc1cc2c(ccn2Cc2ccccc2)cc1Nc1ncc([N+](=O)[O-])cn1. The molecule has 9 heteroatoms. The molecule has 0 saturated carbocycles. The van der Waals surface area contributed by atoms with Crippen LogP contribution in [0.4, 0.5) is 17.3 Å². The van der Waals surface area contributed by atoms with Gasteiger partial charge in [0, 0.05) is 31.1 Å². The first-order chi connectivity index (χ1) is 14.5. The summed E-state index contributed by atoms with van der Waals surface area (Å²) >= 11 is 0. The molecule has 0 amide bonds. The van der Waals surface area contributed by atoms with Gasteiger partial charge in [-0.25, -0.2) is 9.97 Å². The fourth-order valence-corrected chi connectivity index (χ4v) is 3.07. The second kappa shape index (κ2) is 8.00. The number of benzene rings is 2. The van der Waals surface area contributed by atoms with Crippen molar-refractivity contribution in [3.63, 3.8) is 0 Å². The van der Waals surface area contributed by atoms with Crippen LogP contribution in [0.5, 0.6) is 5.75 Å². The number of ether oxygens (including phenoxy) is 1. The Bertz CT molecular complexity index is 1220. The summed E-state index contributed by atoms with van der Waals surface area (Å²) in [5.74, 6) is -0.00906. The third kappa shape index (κ3) is 4.09. The number of nitrogens with zero attached hydrogens (tertiary/aromatic N) is 4. The van der Waals surface area contributed by atoms with Crippen molar-refractivity contribution < 1.29 is 14.5 Å². The summed E-state index contributed by atoms with van der Waals surface area (Å²) in [5.41, 5.74) is 2.30. The Morgan fingerprint density at radius 1 is 1.17 bits per heavy atom. The topological polar surface area (TPSA) is 112 Å². The predicted molar refractivity (Wildman–Crippen MR) is 111 cm³/mol. The molecule has 0 aliphatic heterocycles. The molecule has 0 radical (unpaired) electrons. The number of hydrogen-bond donors (Lipinski definition) is 1. The molecule has 0 saturated heterocycles. The van der Waals surface area contributed by atoms with Crippen molar-refractivity contribution in [2.75, 3.05) is 5.32 Å². The molecule has 0 aliphatic carbocycles. The van der Waals surface area contributed by atoms with Crippen molar-refractivity contribution in [3.8, 4) is 5.75 Å². The van der Waals surface area contributed by atoms with Gasteiger partial charge in [0.15, 0.2) is 5.75 Å². The molecule has 0 spiro atoms. The van der Waals surface area contributed by atoms with E-state index in [9.17, 15) is 14.9 Å². The van der Waals surface area contributed by atoms with Gasteiger partial charge in [-0.1, -0.05) is 30.3 Å². The molecule has 1 N–H and O–H groups in total. The number of hydrogen-bond acceptors (Lipinski definition) is 7. The van der Waals surface area contributed by atoms with Gasteiger partial charge in [0.25, 0.3) is 0 Å². The number of anilines is 2. The largest absolute Gasteiger partial charge is 0.424 e. The Labute approximate surface area is 171 Å². The van der Waals surface area contributed by atoms with Crippen LogP contribution in [0.1, 0.15) is 12.5 Å². The van der Waals surface area contributed by atoms with E-state index in [-0.39, 0.29) is 11.6 Å². The number of nitro groups is 1. The maximum atomic E-state index is 11.6. The number of carbonyl (C=O) groups is 1. The van der Waals surface area contributed by atoms with E-state index in [0.717, 1.165) is 28.9 Å². The van der Waals surface area contributed by atoms with Gasteiger partial charge < -0.3 is 14.6 Å². The number of esters is 1. The lowest BCUT2D eigenvalue weighted by molar-refractivity contribution is -0.385. The third-order valence-corrected chi connectivity index (χ3v) is 4.42. The minimum absolute atomic E-state index is 0.150. The Morgan fingerprint density at radius 2 is 1.90 bits per heavy atom. The highest BCUT2D eigenvalue weighted by Gasteiger charge is 2.14. The highest BCUT2D eigenvalue weighted by molar-refractivity contribution is 5.89. The van der Waals surface area contributed by atoms with Crippen molar-refractivity contribution in [3.05, 3.63) is 82.8 Å². The van der Waals surface area contributed by atoms with Crippen LogP contribution >= 0.6 is 0 Å². The second-order valence-corrected chi connectivity index (χ2v) is 6.58. The third-order valence-electron chi connectivity index (χ3n) is 4.42. The van der Waals surface area contributed by atoms with Crippen LogP contribution in [0, 0.1) is 10.1 Å². The molecule has 0 fully saturated rings. The smallest absolute Gasteiger partial charge is 0.308 e. The molecule has 2 heterocycles. The highest BCUT2D eigenvalue weighted by atomic mass is 16.6. The van der Waals surface area contributed by atoms with E-state index >= 15 is 0 Å². The second-order valence-electron chi connectivity index (χ2n) is 6.58. The molecule has 0 atom stereocenters. The maximum absolute atomic E-state index is 11.6. The quantitative estimate of drug-likeness (QED) is 0.224. The van der Waals surface area contributed by atoms with Gasteiger partial charge in [-0.3, -0.25) is 14.9 Å². The summed E-state index contributed by atoms with van der Waals surface area (Å²) in [6.07, 6.45) is 4.17. The molecule has 2 aromatic heterocycles. The summed E-state index contributed by atoms with van der Waals surface area (Å²) in [7, 11) is 0. The summed E-state index contributed by atoms with van der Waals surface area (Å²) in [4.78, 5) is 29.7. The molecule has 9 nitrogen and oxygen atoms in total. The highest BCUT2D eigenvalue weighted by Crippen LogP contribution is 2.33. The van der Waals surface area contributed by atoms with E-state index in [0.29, 0.717) is 18.0 Å². The summed E-state index contributed by atoms with van der Waals surface area (Å²) in [6.45, 7) is 1.99. The van der Waals surface area contributed by atoms with Crippen molar-refractivity contribution >= 4 is 34.2 Å². The molecule has 4 rings (SSSR count). The first-order valence-electron chi connectivity index (χ1n) is 9.08. The lowest BCUT2D eigenvalue weighted by Gasteiger charge is -2.12. The molecular weight excluding hydrogens is 386 g/mol. The molecule has 150 valence electrons. The summed E-state index contributed by atoms with van der Waals surface area (Å²) in [6, 6.07) is 15.6. The van der Waals surface area contributed by atoms with Crippen LogP contribution in [0.2, 0.25) is 0 Å². The summed E-state index contributed by atoms with van der Waals surface area (Å²) < 4.78 is 7.44. The number of rotatable bonds is 6. The van der Waals surface area contributed by atoms with Gasteiger partial charge >= 0.3 is 11.7 Å². The molecule has 2 aromatic carbocycles. The molecule has 30 heavy (non-hydrogen) atoms. The average Bonchev–Trinajstić information content (AvgIpc) is 3.10. The predicted octanol–water partition coefficient (Wildman–Crippen LogP) is 4.06. The van der Waals surface area contributed by atoms with Crippen LogP contribution in [-0.2, 0) is 11.3 Å². The van der Waals surface area contributed by atoms with Crippen molar-refractivity contribution in [2.24, 2.45) is 0 Å². The normalized spacial score (nSPS) is 10.7. The van der Waals surface area contributed by atoms with Crippen LogP contribution in [-0.4, -0.2) is 25.4 Å². The van der Waals surface area contributed by atoms with Gasteiger partial charge in [0.05, 0.1) is 16.1 Å². The molecule has 4 aromatic rings. The molecular formula is C21H17N5O4. The van der Waals surface area contributed by atoms with Gasteiger partial charge in [0.2, 0.25) is 5.95 Å². The van der Waals surface area contributed by atoms with Gasteiger partial charge in [0.1, 0.15) is 12.4 Å². The monoisotopic (exact) mass is 403 g/mol. The number of nitrogens with one attached hydrogen (secondary N) is 1. The number of carbonyl (C=O) groups excluding carboxylic acids is 1. The van der Waals surface area contributed by atoms with Crippen molar-refractivity contribution in [1.82, 2.24) is 14.5 Å². The van der Waals surface area contributed by atoms with E-state index in [1.165, 1.54) is 6.92 Å². The van der Waals surface area contributed by atoms with E-state index in [2.05, 4.69) is 19.9 Å². The zero-order valence-corrected chi connectivity index (χ0v) is 16.0. The standard InChI is InChI=1S/C21H17N5O4/c1-14(27)30-20-10-19-16(7-8-25(19)13-15-5-3-2-4-6-15)9-18(20)24-21-22-11-17(12-23-21)26(28)29/h2-12H,13H2,1H3,(H,22,23,24). The number of aromatic nitrogens is 3. The van der Waals surface area contributed by atoms with Gasteiger partial charge in [-0.15, -0.1) is 0 Å². The Morgan fingerprint density at radius 3 is 2.57 bits per heavy atom. The maximum Gasteiger partial charge on any atom is 0.308 e. The number of fused-ring (bicyclic) bond motifs is 1. The summed E-state index contributed by atoms with van der Waals surface area (Å²) in [5, 5.41) is 14.7. The molecule has 0 bridgehead atoms. The van der Waals surface area contributed by atoms with Crippen molar-refractivity contribution in [1.29, 1.82) is 0 Å². The Balaban J connectivity index is 1.70.